The quantitative estimate of drug-likeness (QED) is 0.537. The number of hydrogen-bond donors (Lipinski definition) is 1. The van der Waals surface area contributed by atoms with Crippen molar-refractivity contribution in [2.45, 2.75) is 38.9 Å². The Morgan fingerprint density at radius 3 is 2.62 bits per heavy atom. The van der Waals surface area contributed by atoms with E-state index in [2.05, 4.69) is 9.88 Å². The van der Waals surface area contributed by atoms with E-state index < -0.39 is 27.5 Å². The fourth-order valence-electron chi connectivity index (χ4n) is 3.87. The molecule has 186 valence electrons. The lowest BCUT2D eigenvalue weighted by Gasteiger charge is -2.44. The van der Waals surface area contributed by atoms with Gasteiger partial charge in [-0.2, -0.15) is 8.42 Å². The number of rotatable bonds is 8. The number of piperazine rings is 1. The average molecular weight is 518 g/mol. The minimum Gasteiger partial charge on any atom is -0.467 e. The Balaban J connectivity index is 1.60. The maximum Gasteiger partial charge on any atom is 0.265 e. The third kappa shape index (κ3) is 7.08. The summed E-state index contributed by atoms with van der Waals surface area (Å²) in [5.74, 6) is -2.52. The predicted molar refractivity (Wildman–Crippen MR) is 122 cm³/mol. The third-order valence-electron chi connectivity index (χ3n) is 5.66. The highest BCUT2D eigenvalue weighted by atomic mass is 35.5. The lowest BCUT2D eigenvalue weighted by molar-refractivity contribution is -0.139. The second kappa shape index (κ2) is 10.9. The molecule has 0 aliphatic carbocycles. The number of nitrogens with zero attached hydrogens (tertiary/aromatic N) is 3. The average Bonchev–Trinajstić information content (AvgIpc) is 2.75. The number of hydrogen-bond acceptors (Lipinski definition) is 6. The molecule has 1 amide bonds. The number of aromatic nitrogens is 1. The van der Waals surface area contributed by atoms with Crippen LogP contribution in [0.3, 0.4) is 0 Å². The van der Waals surface area contributed by atoms with Crippen molar-refractivity contribution in [3.63, 3.8) is 0 Å². The Kier molecular flexibility index (Phi) is 8.45. The van der Waals surface area contributed by atoms with Crippen molar-refractivity contribution >= 4 is 27.6 Å². The third-order valence-corrected chi connectivity index (χ3v) is 6.59. The molecular weight excluding hydrogens is 492 g/mol. The van der Waals surface area contributed by atoms with E-state index in [1.807, 2.05) is 13.8 Å². The van der Waals surface area contributed by atoms with Gasteiger partial charge >= 0.3 is 0 Å². The van der Waals surface area contributed by atoms with Gasteiger partial charge in [0.05, 0.1) is 10.8 Å². The first-order valence-corrected chi connectivity index (χ1v) is 12.6. The Morgan fingerprint density at radius 2 is 1.94 bits per heavy atom. The van der Waals surface area contributed by atoms with Crippen molar-refractivity contribution < 1.29 is 31.3 Å². The Bertz CT molecular complexity index is 1150. The van der Waals surface area contributed by atoms with Crippen LogP contribution in [0.15, 0.2) is 30.5 Å². The molecule has 1 aliphatic rings. The van der Waals surface area contributed by atoms with E-state index in [0.717, 1.165) is 6.07 Å². The number of ether oxygens (including phenoxy) is 1. The fourth-order valence-corrected chi connectivity index (χ4v) is 4.53. The second-order valence-corrected chi connectivity index (χ2v) is 10.4. The van der Waals surface area contributed by atoms with Crippen LogP contribution in [-0.2, 0) is 27.9 Å². The van der Waals surface area contributed by atoms with Gasteiger partial charge in [-0.15, -0.1) is 0 Å². The van der Waals surface area contributed by atoms with E-state index in [9.17, 15) is 22.0 Å². The van der Waals surface area contributed by atoms with Crippen LogP contribution in [0.2, 0.25) is 5.02 Å². The van der Waals surface area contributed by atoms with Crippen LogP contribution in [0.1, 0.15) is 25.0 Å². The largest absolute Gasteiger partial charge is 0.467 e. The molecule has 0 spiro atoms. The highest BCUT2D eigenvalue weighted by Crippen LogP contribution is 2.22. The molecule has 1 aromatic heterocycles. The monoisotopic (exact) mass is 517 g/mol. The van der Waals surface area contributed by atoms with Crippen molar-refractivity contribution in [3.8, 4) is 5.88 Å². The van der Waals surface area contributed by atoms with Gasteiger partial charge in [0.2, 0.25) is 5.88 Å². The van der Waals surface area contributed by atoms with Crippen LogP contribution >= 0.6 is 11.6 Å². The normalized spacial score (nSPS) is 19.3. The maximum atomic E-state index is 13.5. The van der Waals surface area contributed by atoms with Gasteiger partial charge in [-0.05, 0) is 44.0 Å². The van der Waals surface area contributed by atoms with Crippen LogP contribution < -0.4 is 4.74 Å². The van der Waals surface area contributed by atoms with E-state index >= 15 is 0 Å². The predicted octanol–water partition coefficient (Wildman–Crippen LogP) is 2.94. The molecule has 8 nitrogen and oxygen atoms in total. The smallest absolute Gasteiger partial charge is 0.265 e. The zero-order valence-corrected chi connectivity index (χ0v) is 20.3. The van der Waals surface area contributed by atoms with Crippen molar-refractivity contribution in [2.24, 2.45) is 0 Å². The van der Waals surface area contributed by atoms with Gasteiger partial charge in [-0.3, -0.25) is 14.2 Å². The molecule has 1 N–H and O–H groups in total. The number of pyridine rings is 1. The van der Waals surface area contributed by atoms with Crippen molar-refractivity contribution in [3.05, 3.63) is 58.2 Å². The second-order valence-electron chi connectivity index (χ2n) is 8.36. The summed E-state index contributed by atoms with van der Waals surface area (Å²) in [6.07, 6.45) is 1.24. The molecule has 2 aromatic rings. The molecule has 0 saturated carbocycles. The zero-order chi connectivity index (χ0) is 25.0. The highest BCUT2D eigenvalue weighted by Gasteiger charge is 2.32. The summed E-state index contributed by atoms with van der Waals surface area (Å²) < 4.78 is 63.5. The minimum atomic E-state index is -4.19. The molecule has 3 rings (SSSR count). The summed E-state index contributed by atoms with van der Waals surface area (Å²) in [4.78, 5) is 20.7. The molecule has 1 fully saturated rings. The van der Waals surface area contributed by atoms with E-state index in [1.165, 1.54) is 18.3 Å². The van der Waals surface area contributed by atoms with Gasteiger partial charge < -0.3 is 9.64 Å². The molecule has 1 aliphatic heterocycles. The molecule has 2 atom stereocenters. The summed E-state index contributed by atoms with van der Waals surface area (Å²) in [6, 6.07) is 5.10. The van der Waals surface area contributed by atoms with E-state index in [1.54, 1.807) is 11.0 Å². The SMILES string of the molecule is C[C@@H]1CN(Cc2ccc(F)c(F)c2)[C@@H](C)CN1C(=O)COc1ncc(Cl)cc1CCS(=O)(=O)O. The first kappa shape index (κ1) is 26.3. The van der Waals surface area contributed by atoms with Crippen molar-refractivity contribution in [2.75, 3.05) is 25.4 Å². The van der Waals surface area contributed by atoms with Crippen LogP contribution in [0.4, 0.5) is 8.78 Å². The number of benzene rings is 1. The van der Waals surface area contributed by atoms with E-state index in [0.29, 0.717) is 30.8 Å². The molecule has 1 aromatic carbocycles. The maximum absolute atomic E-state index is 13.5. The van der Waals surface area contributed by atoms with Crippen LogP contribution in [0, 0.1) is 11.6 Å². The summed E-state index contributed by atoms with van der Waals surface area (Å²) in [5, 5.41) is 0.267. The fraction of sp³-hybridized carbons (Fsp3) is 0.455. The Labute approximate surface area is 202 Å². The van der Waals surface area contributed by atoms with Crippen LogP contribution in [-0.4, -0.2) is 71.2 Å². The van der Waals surface area contributed by atoms with Crippen LogP contribution in [0.5, 0.6) is 5.88 Å². The van der Waals surface area contributed by atoms with Crippen LogP contribution in [0.25, 0.3) is 0 Å². The summed E-state index contributed by atoms with van der Waals surface area (Å²) >= 11 is 5.93. The van der Waals surface area contributed by atoms with E-state index in [4.69, 9.17) is 20.9 Å². The number of amides is 1. The summed E-state index contributed by atoms with van der Waals surface area (Å²) in [5.41, 5.74) is 1.00. The van der Waals surface area contributed by atoms with Gasteiger partial charge in [0.15, 0.2) is 18.2 Å². The summed E-state index contributed by atoms with van der Waals surface area (Å²) in [7, 11) is -4.19. The van der Waals surface area contributed by atoms with Gasteiger partial charge in [0.25, 0.3) is 16.0 Å². The van der Waals surface area contributed by atoms with Gasteiger partial charge in [-0.25, -0.2) is 13.8 Å². The summed E-state index contributed by atoms with van der Waals surface area (Å²) in [6.45, 7) is 4.89. The molecule has 0 radical (unpaired) electrons. The molecule has 1 saturated heterocycles. The first-order valence-electron chi connectivity index (χ1n) is 10.6. The minimum absolute atomic E-state index is 0.0350. The molecule has 0 unspecified atom stereocenters. The van der Waals surface area contributed by atoms with Gasteiger partial charge in [0.1, 0.15) is 0 Å². The standard InChI is InChI=1S/C22H26ClF2N3O5S/c1-14-11-28(15(2)10-27(14)12-16-3-4-19(24)20(25)7-16)21(29)13-33-22-17(5-6-34(30,31)32)8-18(23)9-26-22/h3-4,7-9,14-15H,5-6,10-13H2,1-2H3,(H,30,31,32)/t14-,15+/m0/s1. The molecular formula is C22H26ClF2N3O5S. The van der Waals surface area contributed by atoms with E-state index in [-0.39, 0.29) is 41.9 Å². The highest BCUT2D eigenvalue weighted by molar-refractivity contribution is 7.85. The Hall–Kier alpha value is -2.34. The number of halogens is 3. The lowest BCUT2D eigenvalue weighted by atomic mass is 10.1. The zero-order valence-electron chi connectivity index (χ0n) is 18.7. The molecule has 2 heterocycles. The number of carbonyl (C=O) groups excluding carboxylic acids is 1. The molecule has 0 bridgehead atoms. The van der Waals surface area contributed by atoms with Gasteiger partial charge in [0, 0.05) is 43.5 Å². The number of aryl methyl sites for hydroxylation is 1. The number of carbonyl (C=O) groups is 1. The topological polar surface area (TPSA) is 100 Å². The molecule has 34 heavy (non-hydrogen) atoms. The van der Waals surface area contributed by atoms with Crippen molar-refractivity contribution in [1.29, 1.82) is 0 Å². The Morgan fingerprint density at radius 1 is 1.21 bits per heavy atom. The van der Waals surface area contributed by atoms with Crippen molar-refractivity contribution in [1.82, 2.24) is 14.8 Å². The first-order chi connectivity index (χ1) is 15.9. The lowest BCUT2D eigenvalue weighted by Crippen LogP contribution is -2.58. The van der Waals surface area contributed by atoms with Gasteiger partial charge in [-0.1, -0.05) is 17.7 Å². The molecule has 12 heteroatoms.